The van der Waals surface area contributed by atoms with Crippen molar-refractivity contribution < 1.29 is 9.90 Å². The molecule has 4 atom stereocenters. The standard InChI is InChI=1S/C13H17NO2/c1-2-11-10(12(15)16)7-9-5-3-4-6-13(9,11)8-14/h2,9-11H,1,3-7H2,(H,15,16)/t9-,10+,11+,13+/m1/s1. The normalized spacial score (nSPS) is 42.1. The summed E-state index contributed by atoms with van der Waals surface area (Å²) in [5.41, 5.74) is -0.441. The van der Waals surface area contributed by atoms with Gasteiger partial charge < -0.3 is 5.11 Å². The molecule has 2 saturated carbocycles. The second-order valence-corrected chi connectivity index (χ2v) is 5.04. The van der Waals surface area contributed by atoms with Gasteiger partial charge in [0.2, 0.25) is 0 Å². The fourth-order valence-corrected chi connectivity index (χ4v) is 3.70. The third kappa shape index (κ3) is 1.36. The molecule has 0 aromatic carbocycles. The molecule has 0 bridgehead atoms. The van der Waals surface area contributed by atoms with Gasteiger partial charge in [0.25, 0.3) is 0 Å². The van der Waals surface area contributed by atoms with Gasteiger partial charge in [0.15, 0.2) is 0 Å². The number of fused-ring (bicyclic) bond motifs is 1. The largest absolute Gasteiger partial charge is 0.481 e. The summed E-state index contributed by atoms with van der Waals surface area (Å²) in [6.07, 6.45) is 6.37. The van der Waals surface area contributed by atoms with Gasteiger partial charge in [0.05, 0.1) is 17.4 Å². The number of aliphatic carboxylic acids is 1. The monoisotopic (exact) mass is 219 g/mol. The van der Waals surface area contributed by atoms with Gasteiger partial charge in [-0.15, -0.1) is 6.58 Å². The molecule has 3 nitrogen and oxygen atoms in total. The Labute approximate surface area is 95.8 Å². The minimum Gasteiger partial charge on any atom is -0.481 e. The van der Waals surface area contributed by atoms with Crippen molar-refractivity contribution in [2.75, 3.05) is 0 Å². The van der Waals surface area contributed by atoms with E-state index in [1.165, 1.54) is 0 Å². The van der Waals surface area contributed by atoms with Crippen LogP contribution in [-0.4, -0.2) is 11.1 Å². The number of rotatable bonds is 2. The predicted molar refractivity (Wildman–Crippen MR) is 59.4 cm³/mol. The first kappa shape index (κ1) is 11.2. The number of carboxylic acids is 1. The lowest BCUT2D eigenvalue weighted by Crippen LogP contribution is -2.34. The summed E-state index contributed by atoms with van der Waals surface area (Å²) in [6.45, 7) is 3.74. The van der Waals surface area contributed by atoms with Crippen LogP contribution in [0, 0.1) is 34.5 Å². The van der Waals surface area contributed by atoms with E-state index in [9.17, 15) is 15.2 Å². The molecule has 0 heterocycles. The average molecular weight is 219 g/mol. The van der Waals surface area contributed by atoms with Crippen molar-refractivity contribution in [3.8, 4) is 6.07 Å². The van der Waals surface area contributed by atoms with Crippen LogP contribution >= 0.6 is 0 Å². The van der Waals surface area contributed by atoms with Gasteiger partial charge in [-0.2, -0.15) is 5.26 Å². The topological polar surface area (TPSA) is 61.1 Å². The Bertz CT molecular complexity index is 357. The molecular weight excluding hydrogens is 202 g/mol. The minimum atomic E-state index is -0.770. The summed E-state index contributed by atoms with van der Waals surface area (Å²) in [4.78, 5) is 11.2. The Hall–Kier alpha value is -1.30. The Balaban J connectivity index is 2.38. The van der Waals surface area contributed by atoms with Gasteiger partial charge in [-0.1, -0.05) is 18.9 Å². The van der Waals surface area contributed by atoms with E-state index in [-0.39, 0.29) is 11.8 Å². The number of carboxylic acid groups (broad SMARTS) is 1. The highest BCUT2D eigenvalue weighted by atomic mass is 16.4. The van der Waals surface area contributed by atoms with Crippen LogP contribution in [-0.2, 0) is 4.79 Å². The molecule has 0 aliphatic heterocycles. The molecule has 16 heavy (non-hydrogen) atoms. The van der Waals surface area contributed by atoms with E-state index >= 15 is 0 Å². The van der Waals surface area contributed by atoms with Crippen molar-refractivity contribution >= 4 is 5.97 Å². The molecule has 3 heteroatoms. The molecule has 0 saturated heterocycles. The van der Waals surface area contributed by atoms with Gasteiger partial charge in [0.1, 0.15) is 0 Å². The van der Waals surface area contributed by atoms with E-state index < -0.39 is 17.3 Å². The van der Waals surface area contributed by atoms with Crippen LogP contribution in [0.1, 0.15) is 32.1 Å². The fourth-order valence-electron chi connectivity index (χ4n) is 3.70. The third-order valence-electron chi connectivity index (χ3n) is 4.47. The fraction of sp³-hybridized carbons (Fsp3) is 0.692. The number of allylic oxidation sites excluding steroid dienone is 1. The first-order valence-corrected chi connectivity index (χ1v) is 5.92. The molecule has 2 fully saturated rings. The summed E-state index contributed by atoms with van der Waals surface area (Å²) in [7, 11) is 0. The quantitative estimate of drug-likeness (QED) is 0.726. The Morgan fingerprint density at radius 3 is 2.88 bits per heavy atom. The highest BCUT2D eigenvalue weighted by Gasteiger charge is 2.56. The molecule has 1 N–H and O–H groups in total. The van der Waals surface area contributed by atoms with Crippen molar-refractivity contribution in [1.29, 1.82) is 5.26 Å². The average Bonchev–Trinajstić information content (AvgIpc) is 2.63. The molecular formula is C13H17NO2. The van der Waals surface area contributed by atoms with Gasteiger partial charge in [0, 0.05) is 5.92 Å². The maximum absolute atomic E-state index is 11.2. The Kier molecular flexibility index (Phi) is 2.75. The lowest BCUT2D eigenvalue weighted by atomic mass is 9.64. The number of hydrogen-bond donors (Lipinski definition) is 1. The van der Waals surface area contributed by atoms with Crippen molar-refractivity contribution in [2.45, 2.75) is 32.1 Å². The SMILES string of the molecule is C=C[C@H]1[C@@H](C(=O)O)C[C@H]2CCCC[C@]21C#N. The molecule has 0 unspecified atom stereocenters. The van der Waals surface area contributed by atoms with Crippen molar-refractivity contribution in [2.24, 2.45) is 23.2 Å². The molecule has 0 aromatic heterocycles. The summed E-state index contributed by atoms with van der Waals surface area (Å²) in [5, 5.41) is 18.7. The molecule has 2 aliphatic rings. The second kappa shape index (κ2) is 3.93. The summed E-state index contributed by atoms with van der Waals surface area (Å²) in [6, 6.07) is 2.43. The van der Waals surface area contributed by atoms with E-state index in [1.54, 1.807) is 6.08 Å². The molecule has 0 aromatic rings. The lowest BCUT2D eigenvalue weighted by Gasteiger charge is -2.36. The van der Waals surface area contributed by atoms with Crippen LogP contribution in [0.4, 0.5) is 0 Å². The first-order valence-electron chi connectivity index (χ1n) is 5.92. The van der Waals surface area contributed by atoms with Gasteiger partial charge in [-0.25, -0.2) is 0 Å². The lowest BCUT2D eigenvalue weighted by molar-refractivity contribution is -0.142. The number of carbonyl (C=O) groups is 1. The summed E-state index contributed by atoms with van der Waals surface area (Å²) >= 11 is 0. The maximum Gasteiger partial charge on any atom is 0.307 e. The van der Waals surface area contributed by atoms with Crippen molar-refractivity contribution in [3.63, 3.8) is 0 Å². The van der Waals surface area contributed by atoms with Crippen LogP contribution in [0.2, 0.25) is 0 Å². The Morgan fingerprint density at radius 1 is 1.56 bits per heavy atom. The molecule has 2 aliphatic carbocycles. The van der Waals surface area contributed by atoms with Crippen LogP contribution in [0.5, 0.6) is 0 Å². The summed E-state index contributed by atoms with van der Waals surface area (Å²) in [5.74, 6) is -1.08. The number of hydrogen-bond acceptors (Lipinski definition) is 2. The van der Waals surface area contributed by atoms with Gasteiger partial charge in [-0.05, 0) is 25.2 Å². The van der Waals surface area contributed by atoms with E-state index in [0.717, 1.165) is 25.7 Å². The highest BCUT2D eigenvalue weighted by molar-refractivity contribution is 5.71. The number of nitriles is 1. The van der Waals surface area contributed by atoms with E-state index in [0.29, 0.717) is 6.42 Å². The third-order valence-corrected chi connectivity index (χ3v) is 4.47. The zero-order valence-corrected chi connectivity index (χ0v) is 9.35. The van der Waals surface area contributed by atoms with Crippen LogP contribution < -0.4 is 0 Å². The molecule has 0 spiro atoms. The Morgan fingerprint density at radius 2 is 2.31 bits per heavy atom. The van der Waals surface area contributed by atoms with Gasteiger partial charge >= 0.3 is 5.97 Å². The predicted octanol–water partition coefficient (Wildman–Crippen LogP) is 2.59. The summed E-state index contributed by atoms with van der Waals surface area (Å²) < 4.78 is 0. The maximum atomic E-state index is 11.2. The molecule has 0 amide bonds. The van der Waals surface area contributed by atoms with Crippen molar-refractivity contribution in [1.82, 2.24) is 0 Å². The highest BCUT2D eigenvalue weighted by Crippen LogP contribution is 2.58. The smallest absolute Gasteiger partial charge is 0.307 e. The number of nitrogens with zero attached hydrogens (tertiary/aromatic N) is 1. The molecule has 86 valence electrons. The van der Waals surface area contributed by atoms with Crippen molar-refractivity contribution in [3.05, 3.63) is 12.7 Å². The molecule has 2 rings (SSSR count). The van der Waals surface area contributed by atoms with E-state index in [2.05, 4.69) is 12.6 Å². The van der Waals surface area contributed by atoms with Crippen LogP contribution in [0.25, 0.3) is 0 Å². The van der Waals surface area contributed by atoms with E-state index in [1.807, 2.05) is 0 Å². The zero-order chi connectivity index (χ0) is 11.8. The van der Waals surface area contributed by atoms with E-state index in [4.69, 9.17) is 0 Å². The minimum absolute atomic E-state index is 0.166. The van der Waals surface area contributed by atoms with Crippen LogP contribution in [0.3, 0.4) is 0 Å². The first-order chi connectivity index (χ1) is 7.65. The molecule has 0 radical (unpaired) electrons. The second-order valence-electron chi connectivity index (χ2n) is 5.04. The van der Waals surface area contributed by atoms with Crippen LogP contribution in [0.15, 0.2) is 12.7 Å². The van der Waals surface area contributed by atoms with Gasteiger partial charge in [-0.3, -0.25) is 4.79 Å². The zero-order valence-electron chi connectivity index (χ0n) is 9.35.